The number of carbonyl (C=O) groups is 3. The molecule has 2 aromatic carbocycles. The van der Waals surface area contributed by atoms with E-state index < -0.39 is 23.8 Å². The zero-order chi connectivity index (χ0) is 21.0. The number of nitrogens with one attached hydrogen (secondary N) is 1. The van der Waals surface area contributed by atoms with Gasteiger partial charge in [-0.3, -0.25) is 19.3 Å². The molecule has 1 aliphatic rings. The van der Waals surface area contributed by atoms with Crippen molar-refractivity contribution in [1.29, 1.82) is 0 Å². The third-order valence-corrected chi connectivity index (χ3v) is 4.90. The lowest BCUT2D eigenvalue weighted by molar-refractivity contribution is -0.121. The van der Waals surface area contributed by atoms with Crippen LogP contribution in [-0.4, -0.2) is 35.3 Å². The quantitative estimate of drug-likeness (QED) is 0.540. The van der Waals surface area contributed by atoms with Gasteiger partial charge in [0.15, 0.2) is 0 Å². The van der Waals surface area contributed by atoms with Crippen molar-refractivity contribution in [2.45, 2.75) is 39.7 Å². The number of amides is 3. The summed E-state index contributed by atoms with van der Waals surface area (Å²) in [5, 5.41) is 2.85. The number of para-hydroxylation sites is 2. The summed E-state index contributed by atoms with van der Waals surface area (Å²) in [7, 11) is 0. The van der Waals surface area contributed by atoms with Gasteiger partial charge in [-0.05, 0) is 36.6 Å². The van der Waals surface area contributed by atoms with Crippen LogP contribution in [0.4, 0.5) is 5.69 Å². The van der Waals surface area contributed by atoms with Gasteiger partial charge in [-0.15, -0.1) is 0 Å². The highest BCUT2D eigenvalue weighted by molar-refractivity contribution is 6.23. The van der Waals surface area contributed by atoms with Crippen molar-refractivity contribution in [3.8, 4) is 5.75 Å². The first-order valence-electron chi connectivity index (χ1n) is 9.95. The molecule has 2 aromatic rings. The Morgan fingerprint density at radius 1 is 1.00 bits per heavy atom. The molecular weight excluding hydrogens is 368 g/mol. The van der Waals surface area contributed by atoms with Crippen molar-refractivity contribution in [2.24, 2.45) is 5.92 Å². The highest BCUT2D eigenvalue weighted by Crippen LogP contribution is 2.29. The summed E-state index contributed by atoms with van der Waals surface area (Å²) < 4.78 is 5.77. The molecule has 152 valence electrons. The number of nitrogens with zero attached hydrogens (tertiary/aromatic N) is 1. The number of hydrogen-bond acceptors (Lipinski definition) is 4. The average molecular weight is 394 g/mol. The van der Waals surface area contributed by atoms with Gasteiger partial charge < -0.3 is 10.1 Å². The second-order valence-corrected chi connectivity index (χ2v) is 7.40. The first kappa shape index (κ1) is 20.6. The Kier molecular flexibility index (Phi) is 6.32. The van der Waals surface area contributed by atoms with E-state index in [0.29, 0.717) is 29.2 Å². The molecule has 0 aliphatic carbocycles. The van der Waals surface area contributed by atoms with Crippen LogP contribution in [0.25, 0.3) is 0 Å². The molecule has 0 radical (unpaired) electrons. The zero-order valence-corrected chi connectivity index (χ0v) is 17.0. The summed E-state index contributed by atoms with van der Waals surface area (Å²) in [6, 6.07) is 12.9. The molecule has 0 fully saturated rings. The van der Waals surface area contributed by atoms with Crippen molar-refractivity contribution in [1.82, 2.24) is 4.90 Å². The van der Waals surface area contributed by atoms with Gasteiger partial charge in [0.1, 0.15) is 11.8 Å². The lowest BCUT2D eigenvalue weighted by Crippen LogP contribution is -2.50. The van der Waals surface area contributed by atoms with Crippen LogP contribution in [0.1, 0.15) is 54.3 Å². The van der Waals surface area contributed by atoms with Gasteiger partial charge in [-0.1, -0.05) is 51.5 Å². The molecular formula is C23H26N2O4. The van der Waals surface area contributed by atoms with Crippen molar-refractivity contribution < 1.29 is 19.1 Å². The predicted molar refractivity (Wildman–Crippen MR) is 111 cm³/mol. The number of anilines is 1. The summed E-state index contributed by atoms with van der Waals surface area (Å²) in [6.07, 6.45) is 1.91. The van der Waals surface area contributed by atoms with Crippen LogP contribution >= 0.6 is 0 Å². The number of carbonyl (C=O) groups excluding carboxylic acids is 3. The summed E-state index contributed by atoms with van der Waals surface area (Å²) in [4.78, 5) is 39.9. The summed E-state index contributed by atoms with van der Waals surface area (Å²) in [5.74, 6) is -0.982. The van der Waals surface area contributed by atoms with E-state index in [1.165, 1.54) is 0 Å². The van der Waals surface area contributed by atoms with Crippen molar-refractivity contribution in [3.05, 3.63) is 59.7 Å². The number of hydrogen-bond donors (Lipinski definition) is 1. The van der Waals surface area contributed by atoms with E-state index in [0.717, 1.165) is 17.7 Å². The maximum Gasteiger partial charge on any atom is 0.262 e. The van der Waals surface area contributed by atoms with E-state index in [-0.39, 0.29) is 5.92 Å². The molecule has 29 heavy (non-hydrogen) atoms. The molecule has 0 bridgehead atoms. The number of rotatable bonds is 8. The second kappa shape index (κ2) is 8.90. The molecule has 0 spiro atoms. The van der Waals surface area contributed by atoms with Gasteiger partial charge in [0, 0.05) is 0 Å². The number of fused-ring (bicyclic) bond motifs is 1. The van der Waals surface area contributed by atoms with Gasteiger partial charge in [0.05, 0.1) is 23.4 Å². The maximum atomic E-state index is 13.2. The van der Waals surface area contributed by atoms with Crippen LogP contribution in [0.5, 0.6) is 5.75 Å². The fourth-order valence-electron chi connectivity index (χ4n) is 3.41. The zero-order valence-electron chi connectivity index (χ0n) is 17.0. The van der Waals surface area contributed by atoms with E-state index in [9.17, 15) is 14.4 Å². The lowest BCUT2D eigenvalue weighted by Gasteiger charge is -2.28. The molecule has 1 atom stereocenters. The molecule has 0 unspecified atom stereocenters. The molecule has 6 heteroatoms. The maximum absolute atomic E-state index is 13.2. The summed E-state index contributed by atoms with van der Waals surface area (Å²) in [5.41, 5.74) is 1.19. The van der Waals surface area contributed by atoms with Gasteiger partial charge in [0.25, 0.3) is 11.8 Å². The minimum Gasteiger partial charge on any atom is -0.491 e. The van der Waals surface area contributed by atoms with E-state index in [2.05, 4.69) is 12.2 Å². The van der Waals surface area contributed by atoms with Crippen LogP contribution in [0, 0.1) is 5.92 Å². The van der Waals surface area contributed by atoms with Crippen LogP contribution in [0.3, 0.4) is 0 Å². The first-order chi connectivity index (χ1) is 14.0. The highest BCUT2D eigenvalue weighted by Gasteiger charge is 2.44. The average Bonchev–Trinajstić information content (AvgIpc) is 2.95. The Hall–Kier alpha value is -3.15. The van der Waals surface area contributed by atoms with E-state index in [1.807, 2.05) is 19.9 Å². The Morgan fingerprint density at radius 3 is 2.17 bits per heavy atom. The molecule has 1 N–H and O–H groups in total. The second-order valence-electron chi connectivity index (χ2n) is 7.40. The Labute approximate surface area is 170 Å². The minimum atomic E-state index is -0.925. The van der Waals surface area contributed by atoms with E-state index in [1.54, 1.807) is 42.5 Å². The number of benzene rings is 2. The first-order valence-corrected chi connectivity index (χ1v) is 9.95. The normalized spacial score (nSPS) is 14.1. The summed E-state index contributed by atoms with van der Waals surface area (Å²) in [6.45, 7) is 6.26. The SMILES string of the molecule is CCCCOc1ccccc1NC(=O)[C@@H](C(C)C)N1C(=O)c2ccccc2C1=O. The Balaban J connectivity index is 1.84. The topological polar surface area (TPSA) is 75.7 Å². The van der Waals surface area contributed by atoms with Crippen LogP contribution in [0.2, 0.25) is 0 Å². The molecule has 6 nitrogen and oxygen atoms in total. The lowest BCUT2D eigenvalue weighted by atomic mass is 10.0. The van der Waals surface area contributed by atoms with Crippen LogP contribution in [-0.2, 0) is 4.79 Å². The Bertz CT molecular complexity index is 888. The van der Waals surface area contributed by atoms with E-state index >= 15 is 0 Å². The largest absolute Gasteiger partial charge is 0.491 e. The molecule has 1 aliphatic heterocycles. The Morgan fingerprint density at radius 2 is 1.59 bits per heavy atom. The molecule has 3 rings (SSSR count). The summed E-state index contributed by atoms with van der Waals surface area (Å²) >= 11 is 0. The molecule has 3 amide bonds. The van der Waals surface area contributed by atoms with Crippen molar-refractivity contribution in [3.63, 3.8) is 0 Å². The molecule has 1 heterocycles. The number of ether oxygens (including phenoxy) is 1. The number of imide groups is 1. The molecule has 0 saturated carbocycles. The predicted octanol–water partition coefficient (Wildman–Crippen LogP) is 4.12. The van der Waals surface area contributed by atoms with Crippen LogP contribution < -0.4 is 10.1 Å². The highest BCUT2D eigenvalue weighted by atomic mass is 16.5. The monoisotopic (exact) mass is 394 g/mol. The van der Waals surface area contributed by atoms with Crippen molar-refractivity contribution >= 4 is 23.4 Å². The minimum absolute atomic E-state index is 0.259. The van der Waals surface area contributed by atoms with Gasteiger partial charge >= 0.3 is 0 Å². The van der Waals surface area contributed by atoms with Gasteiger partial charge in [-0.2, -0.15) is 0 Å². The van der Waals surface area contributed by atoms with Gasteiger partial charge in [0.2, 0.25) is 5.91 Å². The smallest absolute Gasteiger partial charge is 0.262 e. The molecule has 0 aromatic heterocycles. The standard InChI is InChI=1S/C23H26N2O4/c1-4-5-14-29-19-13-9-8-12-18(19)24-21(26)20(15(2)3)25-22(27)16-10-6-7-11-17(16)23(25)28/h6-13,15,20H,4-5,14H2,1-3H3,(H,24,26)/t20-/m1/s1. The fraction of sp³-hybridized carbons (Fsp3) is 0.348. The third kappa shape index (κ3) is 4.16. The number of unbranched alkanes of at least 4 members (excludes halogenated alkanes) is 1. The molecule has 0 saturated heterocycles. The third-order valence-electron chi connectivity index (χ3n) is 4.90. The van der Waals surface area contributed by atoms with Crippen molar-refractivity contribution in [2.75, 3.05) is 11.9 Å². The van der Waals surface area contributed by atoms with Gasteiger partial charge in [-0.25, -0.2) is 0 Å². The van der Waals surface area contributed by atoms with Crippen LogP contribution in [0.15, 0.2) is 48.5 Å². The van der Waals surface area contributed by atoms with E-state index in [4.69, 9.17) is 4.74 Å². The fourth-order valence-corrected chi connectivity index (χ4v) is 3.41.